The molecule has 0 saturated carbocycles. The zero-order valence-corrected chi connectivity index (χ0v) is 15.7. The third kappa shape index (κ3) is 4.49. The minimum absolute atomic E-state index is 0.0149. The molecule has 1 N–H and O–H groups in total. The molecule has 8 heteroatoms. The van der Waals surface area contributed by atoms with Crippen LogP contribution in [0.3, 0.4) is 0 Å². The highest BCUT2D eigenvalue weighted by molar-refractivity contribution is 6.03. The molecule has 0 spiro atoms. The lowest BCUT2D eigenvalue weighted by molar-refractivity contribution is -0.384. The van der Waals surface area contributed by atoms with E-state index in [2.05, 4.69) is 11.9 Å². The number of hydrogen-bond donors (Lipinski definition) is 1. The number of amides is 2. The van der Waals surface area contributed by atoms with Gasteiger partial charge in [-0.3, -0.25) is 19.7 Å². The number of hydrogen-bond acceptors (Lipinski definition) is 5. The number of benzene rings is 2. The first kappa shape index (κ1) is 19.8. The van der Waals surface area contributed by atoms with Crippen LogP contribution in [0.25, 0.3) is 6.08 Å². The molecule has 3 rings (SSSR count). The molecule has 2 amide bonds. The summed E-state index contributed by atoms with van der Waals surface area (Å²) in [6.07, 6.45) is 3.90. The summed E-state index contributed by atoms with van der Waals surface area (Å²) < 4.78 is 5.65. The number of anilines is 2. The van der Waals surface area contributed by atoms with Gasteiger partial charge in [-0.25, -0.2) is 0 Å². The quantitative estimate of drug-likeness (QED) is 0.350. The van der Waals surface area contributed by atoms with Crippen LogP contribution in [0.5, 0.6) is 5.75 Å². The largest absolute Gasteiger partial charge is 0.479 e. The molecule has 0 saturated heterocycles. The van der Waals surface area contributed by atoms with E-state index >= 15 is 0 Å². The molecule has 1 unspecified atom stereocenters. The van der Waals surface area contributed by atoms with Gasteiger partial charge in [0.15, 0.2) is 6.10 Å². The molecule has 2 aromatic carbocycles. The Morgan fingerprint density at radius 3 is 2.69 bits per heavy atom. The molecule has 1 heterocycles. The third-order valence-corrected chi connectivity index (χ3v) is 4.28. The molecular formula is C21H19N3O5. The van der Waals surface area contributed by atoms with Crippen molar-refractivity contribution in [2.24, 2.45) is 0 Å². The Morgan fingerprint density at radius 2 is 2.03 bits per heavy atom. The minimum Gasteiger partial charge on any atom is -0.479 e. The summed E-state index contributed by atoms with van der Waals surface area (Å²) in [4.78, 5) is 36.2. The number of nitro benzene ring substituents is 1. The lowest BCUT2D eigenvalue weighted by atomic mass is 10.1. The second-order valence-corrected chi connectivity index (χ2v) is 6.35. The average molecular weight is 393 g/mol. The van der Waals surface area contributed by atoms with Crippen LogP contribution >= 0.6 is 0 Å². The maximum absolute atomic E-state index is 12.3. The minimum atomic E-state index is -0.629. The number of nitrogens with one attached hydrogen (secondary N) is 1. The number of non-ortho nitro benzene ring substituents is 1. The van der Waals surface area contributed by atoms with Crippen molar-refractivity contribution in [3.8, 4) is 5.75 Å². The fourth-order valence-corrected chi connectivity index (χ4v) is 2.87. The van der Waals surface area contributed by atoms with Crippen LogP contribution in [-0.4, -0.2) is 29.4 Å². The van der Waals surface area contributed by atoms with Crippen molar-refractivity contribution in [2.75, 3.05) is 16.8 Å². The molecule has 0 aromatic heterocycles. The van der Waals surface area contributed by atoms with Crippen molar-refractivity contribution in [1.29, 1.82) is 0 Å². The van der Waals surface area contributed by atoms with Crippen LogP contribution in [0.4, 0.5) is 17.1 Å². The number of fused-ring (bicyclic) bond motifs is 1. The van der Waals surface area contributed by atoms with E-state index in [4.69, 9.17) is 4.74 Å². The summed E-state index contributed by atoms with van der Waals surface area (Å²) in [5.41, 5.74) is 1.78. The van der Waals surface area contributed by atoms with E-state index in [0.29, 0.717) is 29.2 Å². The lowest BCUT2D eigenvalue weighted by Crippen LogP contribution is -2.44. The summed E-state index contributed by atoms with van der Waals surface area (Å²) in [6, 6.07) is 10.9. The molecule has 1 aliphatic heterocycles. The van der Waals surface area contributed by atoms with Crippen LogP contribution in [-0.2, 0) is 9.59 Å². The number of carbonyl (C=O) groups excluding carboxylic acids is 2. The predicted octanol–water partition coefficient (Wildman–Crippen LogP) is 3.55. The van der Waals surface area contributed by atoms with E-state index in [9.17, 15) is 19.7 Å². The molecule has 1 aliphatic rings. The first-order chi connectivity index (χ1) is 13.9. The van der Waals surface area contributed by atoms with Gasteiger partial charge in [0.2, 0.25) is 5.91 Å². The highest BCUT2D eigenvalue weighted by Crippen LogP contribution is 2.36. The standard InChI is InChI=1S/C21H19N3O5/c1-3-12-23-18-10-7-16(13-19(18)29-14(2)21(23)26)22-20(25)11-6-15-4-8-17(9-5-15)24(27)28/h3-11,13-14H,1,12H2,2H3,(H,22,25)/b11-6+. The fourth-order valence-electron chi connectivity index (χ4n) is 2.87. The lowest BCUT2D eigenvalue weighted by Gasteiger charge is -2.32. The van der Waals surface area contributed by atoms with Gasteiger partial charge in [-0.05, 0) is 42.8 Å². The fraction of sp³-hybridized carbons (Fsp3) is 0.143. The van der Waals surface area contributed by atoms with Crippen LogP contribution in [0.15, 0.2) is 61.2 Å². The van der Waals surface area contributed by atoms with Gasteiger partial charge in [-0.2, -0.15) is 0 Å². The number of nitro groups is 1. The summed E-state index contributed by atoms with van der Waals surface area (Å²) in [6.45, 7) is 5.70. The smallest absolute Gasteiger partial charge is 0.269 e. The van der Waals surface area contributed by atoms with Gasteiger partial charge in [0.1, 0.15) is 5.75 Å². The van der Waals surface area contributed by atoms with Crippen LogP contribution in [0, 0.1) is 10.1 Å². The second kappa shape index (κ2) is 8.39. The first-order valence-corrected chi connectivity index (χ1v) is 8.85. The van der Waals surface area contributed by atoms with Gasteiger partial charge < -0.3 is 15.0 Å². The summed E-state index contributed by atoms with van der Waals surface area (Å²) >= 11 is 0. The van der Waals surface area contributed by atoms with E-state index in [1.165, 1.54) is 18.2 Å². The topological polar surface area (TPSA) is 102 Å². The summed E-state index contributed by atoms with van der Waals surface area (Å²) in [5.74, 6) is -0.0255. The molecular weight excluding hydrogens is 374 g/mol. The molecule has 148 valence electrons. The SMILES string of the molecule is C=CCN1C(=O)C(C)Oc2cc(NC(=O)/C=C/c3ccc([N+](=O)[O-])cc3)ccc21. The van der Waals surface area contributed by atoms with E-state index in [1.807, 2.05) is 0 Å². The Balaban J connectivity index is 1.71. The molecule has 29 heavy (non-hydrogen) atoms. The van der Waals surface area contributed by atoms with Crippen LogP contribution in [0.2, 0.25) is 0 Å². The molecule has 0 aliphatic carbocycles. The predicted molar refractivity (Wildman–Crippen MR) is 110 cm³/mol. The zero-order chi connectivity index (χ0) is 21.0. The number of nitrogens with zero attached hydrogens (tertiary/aromatic N) is 2. The first-order valence-electron chi connectivity index (χ1n) is 8.85. The Labute approximate surface area is 167 Å². The van der Waals surface area contributed by atoms with Gasteiger partial charge in [0.25, 0.3) is 11.6 Å². The van der Waals surface area contributed by atoms with Crippen molar-refractivity contribution < 1.29 is 19.2 Å². The average Bonchev–Trinajstić information content (AvgIpc) is 2.70. The highest BCUT2D eigenvalue weighted by atomic mass is 16.6. The van der Waals surface area contributed by atoms with Crippen LogP contribution in [0.1, 0.15) is 12.5 Å². The van der Waals surface area contributed by atoms with Crippen molar-refractivity contribution in [2.45, 2.75) is 13.0 Å². The van der Waals surface area contributed by atoms with E-state index < -0.39 is 11.0 Å². The van der Waals surface area contributed by atoms with Crippen molar-refractivity contribution in [1.82, 2.24) is 0 Å². The Kier molecular flexibility index (Phi) is 5.73. The van der Waals surface area contributed by atoms with Gasteiger partial charge in [-0.1, -0.05) is 6.08 Å². The highest BCUT2D eigenvalue weighted by Gasteiger charge is 2.30. The van der Waals surface area contributed by atoms with E-state index in [0.717, 1.165) is 0 Å². The normalized spacial score (nSPS) is 15.6. The summed E-state index contributed by atoms with van der Waals surface area (Å²) in [7, 11) is 0. The molecule has 2 aromatic rings. The maximum atomic E-state index is 12.3. The molecule has 1 atom stereocenters. The Hall–Kier alpha value is -3.94. The number of ether oxygens (including phenoxy) is 1. The summed E-state index contributed by atoms with van der Waals surface area (Å²) in [5, 5.41) is 13.4. The van der Waals surface area contributed by atoms with Gasteiger partial charge >= 0.3 is 0 Å². The zero-order valence-electron chi connectivity index (χ0n) is 15.7. The maximum Gasteiger partial charge on any atom is 0.269 e. The molecule has 0 radical (unpaired) electrons. The van der Waals surface area contributed by atoms with Gasteiger partial charge in [-0.15, -0.1) is 6.58 Å². The molecule has 0 bridgehead atoms. The van der Waals surface area contributed by atoms with E-state index in [-0.39, 0.29) is 17.5 Å². The van der Waals surface area contributed by atoms with Gasteiger partial charge in [0, 0.05) is 36.5 Å². The van der Waals surface area contributed by atoms with Crippen LogP contribution < -0.4 is 15.0 Å². The number of rotatable bonds is 6. The molecule has 8 nitrogen and oxygen atoms in total. The van der Waals surface area contributed by atoms with Gasteiger partial charge in [0.05, 0.1) is 10.6 Å². The van der Waals surface area contributed by atoms with Crippen molar-refractivity contribution in [3.05, 3.63) is 76.9 Å². The van der Waals surface area contributed by atoms with Crippen molar-refractivity contribution >= 4 is 35.0 Å². The Bertz CT molecular complexity index is 998. The van der Waals surface area contributed by atoms with E-state index in [1.54, 1.807) is 54.3 Å². The molecule has 0 fully saturated rings. The third-order valence-electron chi connectivity index (χ3n) is 4.28. The second-order valence-electron chi connectivity index (χ2n) is 6.35. The number of carbonyl (C=O) groups is 2. The van der Waals surface area contributed by atoms with Crippen molar-refractivity contribution in [3.63, 3.8) is 0 Å². The Morgan fingerprint density at radius 1 is 1.31 bits per heavy atom. The monoisotopic (exact) mass is 393 g/mol.